The van der Waals surface area contributed by atoms with Crippen LogP contribution in [-0.4, -0.2) is 88.5 Å². The second kappa shape index (κ2) is 8.80. The first kappa shape index (κ1) is 20.8. The standard InChI is InChI=1S/C22H29FN6OS/c1-16-12-21(29(25-16)18-4-2-17(23)3-5-18)27-8-6-26(7-9-27)19-13-20(24-14-19)22(30)28-10-11-31-15-28/h2-5,12,19-20,24H,6-11,13-15H2,1H3/t19-,20-/m0/s1. The number of carbonyl (C=O) groups excluding carboxylic acids is 1. The van der Waals surface area contributed by atoms with Crippen molar-refractivity contribution in [2.45, 2.75) is 25.4 Å². The van der Waals surface area contributed by atoms with E-state index >= 15 is 0 Å². The summed E-state index contributed by atoms with van der Waals surface area (Å²) in [6.07, 6.45) is 0.895. The fraction of sp³-hybridized carbons (Fsp3) is 0.545. The molecule has 7 nitrogen and oxygen atoms in total. The van der Waals surface area contributed by atoms with Crippen LogP contribution in [0.4, 0.5) is 10.2 Å². The highest BCUT2D eigenvalue weighted by molar-refractivity contribution is 7.99. The van der Waals surface area contributed by atoms with E-state index in [4.69, 9.17) is 0 Å². The maximum Gasteiger partial charge on any atom is 0.240 e. The van der Waals surface area contributed by atoms with Crippen LogP contribution in [0.1, 0.15) is 12.1 Å². The Bertz CT molecular complexity index is 921. The molecule has 1 N–H and O–H groups in total. The van der Waals surface area contributed by atoms with Gasteiger partial charge in [-0.2, -0.15) is 5.10 Å². The molecule has 1 amide bonds. The third-order valence-electron chi connectivity index (χ3n) is 6.51. The number of halogens is 1. The topological polar surface area (TPSA) is 56.6 Å². The number of hydrogen-bond donors (Lipinski definition) is 1. The number of amides is 1. The molecular formula is C22H29FN6OS. The SMILES string of the molecule is Cc1cc(N2CCN([C@@H]3CN[C@H](C(=O)N4CCSC4)C3)CC2)n(-c2ccc(F)cc2)n1. The fourth-order valence-corrected chi connectivity index (χ4v) is 5.75. The highest BCUT2D eigenvalue weighted by Crippen LogP contribution is 2.25. The maximum atomic E-state index is 13.3. The van der Waals surface area contributed by atoms with E-state index < -0.39 is 0 Å². The molecule has 3 aliphatic rings. The Hall–Kier alpha value is -2.10. The number of piperazine rings is 1. The van der Waals surface area contributed by atoms with E-state index in [1.165, 1.54) is 12.1 Å². The average molecular weight is 445 g/mol. The zero-order valence-electron chi connectivity index (χ0n) is 17.8. The third kappa shape index (κ3) is 4.31. The summed E-state index contributed by atoms with van der Waals surface area (Å²) in [5.74, 6) is 2.96. The normalized spacial score (nSPS) is 24.8. The lowest BCUT2D eigenvalue weighted by Crippen LogP contribution is -2.51. The van der Waals surface area contributed by atoms with Crippen LogP contribution in [0.15, 0.2) is 30.3 Å². The van der Waals surface area contributed by atoms with Crippen molar-refractivity contribution in [3.8, 4) is 5.69 Å². The van der Waals surface area contributed by atoms with Crippen LogP contribution in [0.25, 0.3) is 5.69 Å². The highest BCUT2D eigenvalue weighted by atomic mass is 32.2. The van der Waals surface area contributed by atoms with Gasteiger partial charge in [0.05, 0.1) is 23.3 Å². The number of rotatable bonds is 4. The molecule has 0 unspecified atom stereocenters. The number of anilines is 1. The zero-order chi connectivity index (χ0) is 21.4. The Morgan fingerprint density at radius 1 is 1.16 bits per heavy atom. The molecule has 0 spiro atoms. The summed E-state index contributed by atoms with van der Waals surface area (Å²) in [4.78, 5) is 19.6. The van der Waals surface area contributed by atoms with Crippen LogP contribution >= 0.6 is 11.8 Å². The summed E-state index contributed by atoms with van der Waals surface area (Å²) < 4.78 is 15.3. The van der Waals surface area contributed by atoms with Gasteiger partial charge in [-0.3, -0.25) is 9.69 Å². The number of aromatic nitrogens is 2. The summed E-state index contributed by atoms with van der Waals surface area (Å²) in [5, 5.41) is 8.10. The molecule has 1 aromatic carbocycles. The number of nitrogens with one attached hydrogen (secondary N) is 1. The predicted octanol–water partition coefficient (Wildman–Crippen LogP) is 1.71. The third-order valence-corrected chi connectivity index (χ3v) is 7.47. The number of aryl methyl sites for hydroxylation is 1. The molecule has 0 bridgehead atoms. The minimum atomic E-state index is -0.242. The van der Waals surface area contributed by atoms with Gasteiger partial charge in [0.2, 0.25) is 5.91 Å². The Kier molecular flexibility index (Phi) is 5.90. The minimum Gasteiger partial charge on any atom is -0.354 e. The molecule has 31 heavy (non-hydrogen) atoms. The maximum absolute atomic E-state index is 13.3. The number of hydrogen-bond acceptors (Lipinski definition) is 6. The van der Waals surface area contributed by atoms with Gasteiger partial charge in [0, 0.05) is 57.1 Å². The monoisotopic (exact) mass is 444 g/mol. The molecule has 0 saturated carbocycles. The number of carbonyl (C=O) groups is 1. The average Bonchev–Trinajstić information content (AvgIpc) is 3.55. The Morgan fingerprint density at radius 2 is 1.94 bits per heavy atom. The molecule has 2 atom stereocenters. The van der Waals surface area contributed by atoms with Crippen LogP contribution in [0.3, 0.4) is 0 Å². The quantitative estimate of drug-likeness (QED) is 0.775. The second-order valence-electron chi connectivity index (χ2n) is 8.54. The lowest BCUT2D eigenvalue weighted by atomic mass is 10.1. The molecular weight excluding hydrogens is 415 g/mol. The number of thioether (sulfide) groups is 1. The molecule has 166 valence electrons. The summed E-state index contributed by atoms with van der Waals surface area (Å²) in [5.41, 5.74) is 1.82. The van der Waals surface area contributed by atoms with E-state index in [1.54, 1.807) is 12.1 Å². The summed E-state index contributed by atoms with van der Waals surface area (Å²) >= 11 is 1.83. The molecule has 0 aliphatic carbocycles. The van der Waals surface area contributed by atoms with Gasteiger partial charge in [-0.05, 0) is 37.6 Å². The smallest absolute Gasteiger partial charge is 0.240 e. The van der Waals surface area contributed by atoms with Crippen molar-refractivity contribution in [2.24, 2.45) is 0 Å². The number of benzene rings is 1. The van der Waals surface area contributed by atoms with Crippen LogP contribution in [0.5, 0.6) is 0 Å². The molecule has 9 heteroatoms. The molecule has 2 aromatic rings. The highest BCUT2D eigenvalue weighted by Gasteiger charge is 2.36. The van der Waals surface area contributed by atoms with E-state index in [0.717, 1.165) is 74.5 Å². The van der Waals surface area contributed by atoms with E-state index in [0.29, 0.717) is 6.04 Å². The van der Waals surface area contributed by atoms with E-state index in [-0.39, 0.29) is 17.8 Å². The fourth-order valence-electron chi connectivity index (χ4n) is 4.79. The van der Waals surface area contributed by atoms with Crippen molar-refractivity contribution in [1.82, 2.24) is 24.9 Å². The van der Waals surface area contributed by atoms with E-state index in [1.807, 2.05) is 28.3 Å². The van der Waals surface area contributed by atoms with Gasteiger partial charge >= 0.3 is 0 Å². The van der Waals surface area contributed by atoms with Crippen molar-refractivity contribution < 1.29 is 9.18 Å². The molecule has 5 rings (SSSR count). The van der Waals surface area contributed by atoms with E-state index in [2.05, 4.69) is 26.3 Å². The largest absolute Gasteiger partial charge is 0.354 e. The second-order valence-corrected chi connectivity index (χ2v) is 9.62. The number of nitrogens with zero attached hydrogens (tertiary/aromatic N) is 5. The van der Waals surface area contributed by atoms with Gasteiger partial charge in [0.15, 0.2) is 0 Å². The van der Waals surface area contributed by atoms with Crippen molar-refractivity contribution in [2.75, 3.05) is 55.8 Å². The Morgan fingerprint density at radius 3 is 2.65 bits per heavy atom. The minimum absolute atomic E-state index is 0.0377. The first-order chi connectivity index (χ1) is 15.1. The van der Waals surface area contributed by atoms with Gasteiger partial charge in [0.1, 0.15) is 11.6 Å². The van der Waals surface area contributed by atoms with Gasteiger partial charge < -0.3 is 15.1 Å². The summed E-state index contributed by atoms with van der Waals surface area (Å²) in [7, 11) is 0. The van der Waals surface area contributed by atoms with Crippen LogP contribution in [0.2, 0.25) is 0 Å². The van der Waals surface area contributed by atoms with Crippen molar-refractivity contribution >= 4 is 23.5 Å². The lowest BCUT2D eigenvalue weighted by Gasteiger charge is -2.38. The first-order valence-electron chi connectivity index (χ1n) is 11.0. The van der Waals surface area contributed by atoms with Gasteiger partial charge in [-0.1, -0.05) is 0 Å². The first-order valence-corrected chi connectivity index (χ1v) is 12.2. The van der Waals surface area contributed by atoms with Crippen molar-refractivity contribution in [3.63, 3.8) is 0 Å². The molecule has 0 radical (unpaired) electrons. The Labute approximate surface area is 186 Å². The van der Waals surface area contributed by atoms with Gasteiger partial charge in [-0.15, -0.1) is 11.8 Å². The van der Waals surface area contributed by atoms with Crippen molar-refractivity contribution in [1.29, 1.82) is 0 Å². The van der Waals surface area contributed by atoms with Crippen molar-refractivity contribution in [3.05, 3.63) is 41.8 Å². The molecule has 4 heterocycles. The molecule has 1 aromatic heterocycles. The van der Waals surface area contributed by atoms with Gasteiger partial charge in [-0.25, -0.2) is 9.07 Å². The predicted molar refractivity (Wildman–Crippen MR) is 121 cm³/mol. The van der Waals surface area contributed by atoms with Crippen LogP contribution in [0, 0.1) is 12.7 Å². The summed E-state index contributed by atoms with van der Waals surface area (Å²) in [6, 6.07) is 8.95. The van der Waals surface area contributed by atoms with Crippen LogP contribution in [-0.2, 0) is 4.79 Å². The molecule has 3 saturated heterocycles. The van der Waals surface area contributed by atoms with Gasteiger partial charge in [0.25, 0.3) is 0 Å². The lowest BCUT2D eigenvalue weighted by molar-refractivity contribution is -0.131. The molecule has 3 aliphatic heterocycles. The zero-order valence-corrected chi connectivity index (χ0v) is 18.7. The van der Waals surface area contributed by atoms with E-state index in [9.17, 15) is 9.18 Å². The molecule has 3 fully saturated rings. The Balaban J connectivity index is 1.21. The summed E-state index contributed by atoms with van der Waals surface area (Å²) in [6.45, 7) is 7.48. The van der Waals surface area contributed by atoms with Crippen LogP contribution < -0.4 is 10.2 Å².